The molecule has 0 bridgehead atoms. The Balaban J connectivity index is 3.95. The van der Waals surface area contributed by atoms with Crippen LogP contribution in [0.2, 0.25) is 0 Å². The maximum Gasteiger partial charge on any atom is 0.389 e. The van der Waals surface area contributed by atoms with E-state index in [-0.39, 0.29) is 6.42 Å². The zero-order valence-electron chi connectivity index (χ0n) is 7.51. The van der Waals surface area contributed by atoms with Gasteiger partial charge in [0.05, 0.1) is 6.42 Å². The Morgan fingerprint density at radius 2 is 1.77 bits per heavy atom. The lowest BCUT2D eigenvalue weighted by Gasteiger charge is -2.19. The van der Waals surface area contributed by atoms with Crippen LogP contribution in [0, 0.1) is 5.92 Å². The molecule has 80 valence electrons. The number of hydrogen-bond acceptors (Lipinski definition) is 2. The molecule has 1 unspecified atom stereocenters. The summed E-state index contributed by atoms with van der Waals surface area (Å²) in [6, 6.07) is 0. The maximum atomic E-state index is 11.9. The van der Waals surface area contributed by atoms with E-state index in [1.165, 1.54) is 0 Å². The van der Waals surface area contributed by atoms with Crippen molar-refractivity contribution in [1.29, 1.82) is 0 Å². The first-order valence-corrected chi connectivity index (χ1v) is 4.29. The molecule has 0 saturated carbocycles. The van der Waals surface area contributed by atoms with Crippen LogP contribution >= 0.6 is 0 Å². The Bertz CT molecular complexity index is 134. The predicted molar refractivity (Wildman–Crippen MR) is 41.9 cm³/mol. The normalized spacial score (nSPS) is 15.0. The van der Waals surface area contributed by atoms with Gasteiger partial charge in [0.25, 0.3) is 0 Å². The number of halogens is 3. The highest BCUT2D eigenvalue weighted by Gasteiger charge is 2.34. The molecule has 0 aliphatic heterocycles. The Morgan fingerprint density at radius 1 is 1.23 bits per heavy atom. The van der Waals surface area contributed by atoms with Gasteiger partial charge in [-0.15, -0.1) is 0 Å². The summed E-state index contributed by atoms with van der Waals surface area (Å²) in [4.78, 5) is 0. The highest BCUT2D eigenvalue weighted by atomic mass is 19.4. The molecular formula is C8H15F3O2. The van der Waals surface area contributed by atoms with Gasteiger partial charge in [-0.25, -0.2) is 0 Å². The van der Waals surface area contributed by atoms with Crippen molar-refractivity contribution < 1.29 is 23.4 Å². The fraction of sp³-hybridized carbons (Fsp3) is 1.00. The van der Waals surface area contributed by atoms with Gasteiger partial charge < -0.3 is 10.2 Å². The van der Waals surface area contributed by atoms with Crippen molar-refractivity contribution in [2.45, 2.75) is 45.1 Å². The van der Waals surface area contributed by atoms with Gasteiger partial charge in [-0.3, -0.25) is 0 Å². The molecule has 0 aromatic carbocycles. The van der Waals surface area contributed by atoms with Crippen LogP contribution in [0.4, 0.5) is 13.2 Å². The van der Waals surface area contributed by atoms with E-state index in [2.05, 4.69) is 0 Å². The second-order valence-corrected chi connectivity index (χ2v) is 3.14. The Kier molecular flexibility index (Phi) is 5.32. The van der Waals surface area contributed by atoms with E-state index < -0.39 is 24.8 Å². The predicted octanol–water partition coefficient (Wildman–Crippen LogP) is 2.06. The third-order valence-electron chi connectivity index (χ3n) is 1.84. The molecule has 0 amide bonds. The van der Waals surface area contributed by atoms with Crippen molar-refractivity contribution in [3.63, 3.8) is 0 Å². The van der Waals surface area contributed by atoms with Gasteiger partial charge in [0.2, 0.25) is 0 Å². The minimum Gasteiger partial charge on any atom is -0.368 e. The number of rotatable bonds is 5. The first-order valence-electron chi connectivity index (χ1n) is 4.29. The summed E-state index contributed by atoms with van der Waals surface area (Å²) in [6.45, 7) is 1.84. The minimum atomic E-state index is -4.32. The van der Waals surface area contributed by atoms with E-state index in [4.69, 9.17) is 10.2 Å². The summed E-state index contributed by atoms with van der Waals surface area (Å²) >= 11 is 0. The average Bonchev–Trinajstić information content (AvgIpc) is 1.95. The molecule has 13 heavy (non-hydrogen) atoms. The van der Waals surface area contributed by atoms with E-state index in [9.17, 15) is 13.2 Å². The van der Waals surface area contributed by atoms with Gasteiger partial charge in [-0.2, -0.15) is 13.2 Å². The molecule has 0 radical (unpaired) electrons. The fourth-order valence-corrected chi connectivity index (χ4v) is 1.12. The lowest BCUT2D eigenvalue weighted by Crippen LogP contribution is -2.25. The number of aliphatic hydroxyl groups excluding tert-OH is 1. The number of unbranched alkanes of at least 4 members (excludes halogenated alkanes) is 1. The van der Waals surface area contributed by atoms with Gasteiger partial charge in [0.1, 0.15) is 0 Å². The summed E-state index contributed by atoms with van der Waals surface area (Å²) in [6.07, 6.45) is -5.77. The first kappa shape index (κ1) is 12.7. The molecule has 5 heteroatoms. The van der Waals surface area contributed by atoms with E-state index in [1.807, 2.05) is 6.92 Å². The Labute approximate surface area is 75.4 Å². The van der Waals surface area contributed by atoms with Crippen molar-refractivity contribution in [3.8, 4) is 0 Å². The van der Waals surface area contributed by atoms with Crippen LogP contribution in [0.1, 0.15) is 32.6 Å². The molecule has 2 nitrogen and oxygen atoms in total. The number of alkyl halides is 3. The van der Waals surface area contributed by atoms with Gasteiger partial charge >= 0.3 is 6.18 Å². The van der Waals surface area contributed by atoms with Crippen LogP contribution < -0.4 is 0 Å². The second-order valence-electron chi connectivity index (χ2n) is 3.14. The van der Waals surface area contributed by atoms with Gasteiger partial charge in [-0.05, 0) is 6.42 Å². The molecule has 2 N–H and O–H groups in total. The van der Waals surface area contributed by atoms with Crippen LogP contribution in [0.25, 0.3) is 0 Å². The van der Waals surface area contributed by atoms with E-state index in [0.29, 0.717) is 6.42 Å². The molecule has 0 aliphatic rings. The quantitative estimate of drug-likeness (QED) is 0.667. The van der Waals surface area contributed by atoms with Crippen molar-refractivity contribution >= 4 is 0 Å². The first-order chi connectivity index (χ1) is 5.87. The molecule has 0 saturated heterocycles. The Morgan fingerprint density at radius 3 is 2.08 bits per heavy atom. The third-order valence-corrected chi connectivity index (χ3v) is 1.84. The summed E-state index contributed by atoms with van der Waals surface area (Å²) in [7, 11) is 0. The highest BCUT2D eigenvalue weighted by Crippen LogP contribution is 2.29. The molecule has 0 rings (SSSR count). The Hall–Kier alpha value is -0.290. The number of aliphatic hydroxyl groups is 2. The SMILES string of the molecule is CCCCC(CC(F)(F)F)C(O)O. The largest absolute Gasteiger partial charge is 0.389 e. The van der Waals surface area contributed by atoms with Gasteiger partial charge in [-0.1, -0.05) is 19.8 Å². The molecule has 0 aromatic rings. The summed E-state index contributed by atoms with van der Waals surface area (Å²) in [5.74, 6) is -1.08. The van der Waals surface area contributed by atoms with Gasteiger partial charge in [0.15, 0.2) is 6.29 Å². The monoisotopic (exact) mass is 200 g/mol. The third kappa shape index (κ3) is 6.83. The summed E-state index contributed by atoms with van der Waals surface area (Å²) in [5, 5.41) is 17.3. The average molecular weight is 200 g/mol. The van der Waals surface area contributed by atoms with Crippen LogP contribution in [0.5, 0.6) is 0 Å². The topological polar surface area (TPSA) is 40.5 Å². The molecule has 0 fully saturated rings. The van der Waals surface area contributed by atoms with E-state index >= 15 is 0 Å². The molecular weight excluding hydrogens is 185 g/mol. The van der Waals surface area contributed by atoms with Crippen LogP contribution in [0.15, 0.2) is 0 Å². The molecule has 0 aromatic heterocycles. The minimum absolute atomic E-state index is 0.202. The van der Waals surface area contributed by atoms with Crippen molar-refractivity contribution in [3.05, 3.63) is 0 Å². The molecule has 1 atom stereocenters. The van der Waals surface area contributed by atoms with Crippen LogP contribution in [-0.2, 0) is 0 Å². The standard InChI is InChI=1S/C8H15F3O2/c1-2-3-4-6(7(12)13)5-8(9,10)11/h6-7,12-13H,2-5H2,1H3. The smallest absolute Gasteiger partial charge is 0.368 e. The van der Waals surface area contributed by atoms with Crippen LogP contribution in [0.3, 0.4) is 0 Å². The van der Waals surface area contributed by atoms with Crippen molar-refractivity contribution in [2.75, 3.05) is 0 Å². The number of hydrogen-bond donors (Lipinski definition) is 2. The van der Waals surface area contributed by atoms with Gasteiger partial charge in [0, 0.05) is 5.92 Å². The lowest BCUT2D eigenvalue weighted by atomic mass is 9.98. The molecule has 0 spiro atoms. The van der Waals surface area contributed by atoms with Crippen LogP contribution in [-0.4, -0.2) is 22.7 Å². The summed E-state index contributed by atoms with van der Waals surface area (Å²) in [5.41, 5.74) is 0. The fourth-order valence-electron chi connectivity index (χ4n) is 1.12. The van der Waals surface area contributed by atoms with Crippen molar-refractivity contribution in [1.82, 2.24) is 0 Å². The zero-order valence-corrected chi connectivity index (χ0v) is 7.51. The highest BCUT2D eigenvalue weighted by molar-refractivity contribution is 4.65. The van der Waals surface area contributed by atoms with E-state index in [1.54, 1.807) is 0 Å². The molecule has 0 heterocycles. The maximum absolute atomic E-state index is 11.9. The zero-order chi connectivity index (χ0) is 10.5. The summed E-state index contributed by atoms with van der Waals surface area (Å²) < 4.78 is 35.6. The molecule has 0 aliphatic carbocycles. The lowest BCUT2D eigenvalue weighted by molar-refractivity contribution is -0.176. The van der Waals surface area contributed by atoms with E-state index in [0.717, 1.165) is 6.42 Å². The van der Waals surface area contributed by atoms with Crippen molar-refractivity contribution in [2.24, 2.45) is 5.92 Å². The second kappa shape index (κ2) is 5.44.